The second-order valence-electron chi connectivity index (χ2n) is 1.64. The highest BCUT2D eigenvalue weighted by atomic mass is 17.0. The van der Waals surface area contributed by atoms with E-state index in [0.717, 1.165) is 0 Å². The molecule has 0 rings (SSSR count). The third kappa shape index (κ3) is 5.17. The fourth-order valence-corrected chi connectivity index (χ4v) is 0.375. The zero-order chi connectivity index (χ0) is 9.56. The normalized spacial score (nSPS) is 11.8. The van der Waals surface area contributed by atoms with Gasteiger partial charge in [0.2, 0.25) is 0 Å². The minimum Gasteiger partial charge on any atom is -0.311 e. The molecule has 0 bridgehead atoms. The number of hydrogen-bond acceptors (Lipinski definition) is 6. The molecule has 0 saturated carbocycles. The maximum Gasteiger partial charge on any atom is 0.294 e. The van der Waals surface area contributed by atoms with Crippen LogP contribution in [0.5, 0.6) is 0 Å². The molecule has 1 unspecified atom stereocenters. The zero-order valence-corrected chi connectivity index (χ0v) is 5.74. The highest BCUT2D eigenvalue weighted by Crippen LogP contribution is 1.92. The highest BCUT2D eigenvalue weighted by molar-refractivity contribution is 4.47. The molecule has 0 heterocycles. The number of rotatable bonds is 6. The Labute approximate surface area is 65.7 Å². The molecule has 0 aromatic rings. The van der Waals surface area contributed by atoms with Gasteiger partial charge in [0.1, 0.15) is 13.2 Å². The van der Waals surface area contributed by atoms with Gasteiger partial charge < -0.3 is 9.68 Å². The maximum atomic E-state index is 10.0. The van der Waals surface area contributed by atoms with Gasteiger partial charge in [-0.05, 0) is 0 Å². The largest absolute Gasteiger partial charge is 0.311 e. The summed E-state index contributed by atoms with van der Waals surface area (Å²) in [5, 5.41) is 26.9. The van der Waals surface area contributed by atoms with E-state index in [1.807, 2.05) is 0 Å². The van der Waals surface area contributed by atoms with Crippen molar-refractivity contribution >= 4 is 0 Å². The van der Waals surface area contributed by atoms with Gasteiger partial charge in [-0.2, -0.15) is 0 Å². The molecule has 0 fully saturated rings. The van der Waals surface area contributed by atoms with Gasteiger partial charge in [-0.1, -0.05) is 0 Å². The average molecular weight is 181 g/mol. The van der Waals surface area contributed by atoms with Crippen LogP contribution in [0.2, 0.25) is 0 Å². The van der Waals surface area contributed by atoms with E-state index in [-0.39, 0.29) is 0 Å². The van der Waals surface area contributed by atoms with Crippen molar-refractivity contribution in [3.63, 3.8) is 0 Å². The first-order chi connectivity index (χ1) is 5.56. The first kappa shape index (κ1) is 10.4. The molecule has 0 N–H and O–H groups in total. The van der Waals surface area contributed by atoms with Gasteiger partial charge in [-0.15, -0.1) is 20.2 Å². The van der Waals surface area contributed by atoms with Gasteiger partial charge in [0, 0.05) is 0 Å². The van der Waals surface area contributed by atoms with Gasteiger partial charge in [-0.25, -0.2) is 5.11 Å². The van der Waals surface area contributed by atoms with Crippen molar-refractivity contribution in [3.05, 3.63) is 20.2 Å². The fraction of sp³-hybridized carbons (Fsp3) is 1.00. The van der Waals surface area contributed by atoms with E-state index in [0.29, 0.717) is 0 Å². The van der Waals surface area contributed by atoms with Crippen LogP contribution < -0.4 is 0 Å². The molecule has 0 aliphatic rings. The van der Waals surface area contributed by atoms with Crippen molar-refractivity contribution in [2.75, 3.05) is 13.2 Å². The van der Waals surface area contributed by atoms with E-state index in [1.54, 1.807) is 0 Å². The molecule has 69 valence electrons. The Morgan fingerprint density at radius 3 is 2.17 bits per heavy atom. The second-order valence-corrected chi connectivity index (χ2v) is 1.64. The summed E-state index contributed by atoms with van der Waals surface area (Å²) >= 11 is 0. The van der Waals surface area contributed by atoms with Gasteiger partial charge >= 0.3 is 0 Å². The second kappa shape index (κ2) is 5.07. The van der Waals surface area contributed by atoms with Crippen LogP contribution in [0.3, 0.4) is 0 Å². The Hall–Kier alpha value is -1.64. The van der Waals surface area contributed by atoms with Crippen LogP contribution in [0.15, 0.2) is 0 Å². The van der Waals surface area contributed by atoms with Crippen LogP contribution in [-0.4, -0.2) is 29.5 Å². The van der Waals surface area contributed by atoms with E-state index in [2.05, 4.69) is 9.68 Å². The smallest absolute Gasteiger partial charge is 0.294 e. The zero-order valence-electron chi connectivity index (χ0n) is 5.74. The molecule has 9 heteroatoms. The minimum atomic E-state index is -1.44. The Bertz CT molecular complexity index is 170. The first-order valence-electron chi connectivity index (χ1n) is 2.72. The fourth-order valence-electron chi connectivity index (χ4n) is 0.375. The lowest BCUT2D eigenvalue weighted by molar-refractivity contribution is -0.790. The lowest BCUT2D eigenvalue weighted by atomic mass is 10.4. The summed E-state index contributed by atoms with van der Waals surface area (Å²) in [6.07, 6.45) is -1.44. The van der Waals surface area contributed by atoms with E-state index in [1.165, 1.54) is 0 Å². The molecule has 12 heavy (non-hydrogen) atoms. The summed E-state index contributed by atoms with van der Waals surface area (Å²) in [6.45, 7) is -1.72. The van der Waals surface area contributed by atoms with Crippen LogP contribution in [0.25, 0.3) is 0 Å². The maximum absolute atomic E-state index is 10.0. The first-order valence-corrected chi connectivity index (χ1v) is 2.72. The van der Waals surface area contributed by atoms with Gasteiger partial charge in [0.25, 0.3) is 10.2 Å². The van der Waals surface area contributed by atoms with Crippen LogP contribution in [-0.2, 0) is 14.8 Å². The van der Waals surface area contributed by atoms with Crippen LogP contribution in [0, 0.1) is 20.2 Å². The molecular weight excluding hydrogens is 176 g/mol. The van der Waals surface area contributed by atoms with E-state index < -0.39 is 29.5 Å². The van der Waals surface area contributed by atoms with Crippen molar-refractivity contribution in [3.8, 4) is 0 Å². The molecule has 1 radical (unpaired) electrons. The predicted molar refractivity (Wildman–Crippen MR) is 30.4 cm³/mol. The quantitative estimate of drug-likeness (QED) is 0.390. The molecule has 0 spiro atoms. The lowest BCUT2D eigenvalue weighted by Crippen LogP contribution is -2.27. The van der Waals surface area contributed by atoms with Crippen molar-refractivity contribution in [2.45, 2.75) is 6.10 Å². The van der Waals surface area contributed by atoms with Gasteiger partial charge in [0.05, 0.1) is 0 Å². The molecular formula is C3H5N2O7. The average Bonchev–Trinajstić information content (AvgIpc) is 1.97. The Kier molecular flexibility index (Phi) is 4.38. The SMILES string of the molecule is [O]CC(CO[N+](=O)[O-])O[N+](=O)[O-]. The van der Waals surface area contributed by atoms with E-state index in [9.17, 15) is 25.3 Å². The van der Waals surface area contributed by atoms with Crippen LogP contribution in [0.1, 0.15) is 0 Å². The van der Waals surface area contributed by atoms with Crippen LogP contribution in [0.4, 0.5) is 0 Å². The summed E-state index contributed by atoms with van der Waals surface area (Å²) in [4.78, 5) is 26.6. The molecule has 0 amide bonds. The Balaban J connectivity index is 3.67. The molecule has 0 aliphatic carbocycles. The topological polar surface area (TPSA) is 125 Å². The summed E-state index contributed by atoms with van der Waals surface area (Å²) in [6, 6.07) is 0. The standard InChI is InChI=1S/C3H5N2O7/c6-1-3(12-5(9)10)2-11-4(7)8/h3H,1-2H2. The number of hydrogen-bond donors (Lipinski definition) is 0. The monoisotopic (exact) mass is 181 g/mol. The molecule has 0 aromatic heterocycles. The Morgan fingerprint density at radius 1 is 1.25 bits per heavy atom. The van der Waals surface area contributed by atoms with Crippen molar-refractivity contribution in [1.82, 2.24) is 0 Å². The van der Waals surface area contributed by atoms with E-state index >= 15 is 0 Å². The predicted octanol–water partition coefficient (Wildman–Crippen LogP) is -0.798. The third-order valence-corrected chi connectivity index (χ3v) is 0.787. The summed E-state index contributed by atoms with van der Waals surface area (Å²) < 4.78 is 0. The molecule has 0 saturated heterocycles. The minimum absolute atomic E-state index is 0.739. The molecule has 0 aliphatic heterocycles. The summed E-state index contributed by atoms with van der Waals surface area (Å²) in [5.41, 5.74) is 0. The lowest BCUT2D eigenvalue weighted by Gasteiger charge is -2.07. The molecule has 9 nitrogen and oxygen atoms in total. The summed E-state index contributed by atoms with van der Waals surface area (Å²) in [5.74, 6) is 0. The van der Waals surface area contributed by atoms with E-state index in [4.69, 9.17) is 0 Å². The van der Waals surface area contributed by atoms with Gasteiger partial charge in [0.15, 0.2) is 6.10 Å². The van der Waals surface area contributed by atoms with Gasteiger partial charge in [-0.3, -0.25) is 0 Å². The molecule has 0 aromatic carbocycles. The summed E-state index contributed by atoms with van der Waals surface area (Å²) in [7, 11) is 0. The van der Waals surface area contributed by atoms with Crippen LogP contribution >= 0.6 is 0 Å². The highest BCUT2D eigenvalue weighted by Gasteiger charge is 2.14. The number of nitrogens with zero attached hydrogens (tertiary/aromatic N) is 2. The van der Waals surface area contributed by atoms with Crippen molar-refractivity contribution in [1.29, 1.82) is 0 Å². The van der Waals surface area contributed by atoms with Crippen molar-refractivity contribution in [2.24, 2.45) is 0 Å². The Morgan fingerprint density at radius 2 is 1.83 bits per heavy atom. The van der Waals surface area contributed by atoms with Crippen molar-refractivity contribution < 1.29 is 25.0 Å². The molecule has 1 atom stereocenters. The third-order valence-electron chi connectivity index (χ3n) is 0.787.